The number of H-pyrrole nitrogens is 1. The summed E-state index contributed by atoms with van der Waals surface area (Å²) < 4.78 is 0.918. The molecule has 9 heteroatoms. The third-order valence-corrected chi connectivity index (χ3v) is 2.53. The number of rotatable bonds is 7. The molecule has 0 saturated carbocycles. The smallest absolute Gasteiger partial charge is 0.350 e. The molecule has 20 heavy (non-hydrogen) atoms. The largest absolute Gasteiger partial charge is 0.390 e. The average Bonchev–Trinajstić information content (AvgIpc) is 2.31. The molecule has 3 N–H and O–H groups in total. The van der Waals surface area contributed by atoms with Gasteiger partial charge in [0.05, 0.1) is 23.8 Å². The van der Waals surface area contributed by atoms with Crippen LogP contribution in [0.4, 0.5) is 5.69 Å². The molecule has 1 aromatic rings. The van der Waals surface area contributed by atoms with Gasteiger partial charge in [0.1, 0.15) is 0 Å². The van der Waals surface area contributed by atoms with Crippen LogP contribution in [0.1, 0.15) is 13.8 Å². The molecule has 0 radical (unpaired) electrons. The Balaban J connectivity index is 2.77. The fraction of sp³-hybridized carbons (Fsp3) is 0.636. The first-order chi connectivity index (χ1) is 9.31. The Kier molecular flexibility index (Phi) is 5.59. The third-order valence-electron chi connectivity index (χ3n) is 2.53. The molecular formula is C11H18N4O5. The van der Waals surface area contributed by atoms with Gasteiger partial charge in [0.2, 0.25) is 0 Å². The van der Waals surface area contributed by atoms with E-state index in [0.29, 0.717) is 12.5 Å². The van der Waals surface area contributed by atoms with E-state index in [4.69, 9.17) is 0 Å². The second-order valence-electron chi connectivity index (χ2n) is 4.89. The van der Waals surface area contributed by atoms with Crippen LogP contribution in [0.2, 0.25) is 0 Å². The summed E-state index contributed by atoms with van der Waals surface area (Å²) in [6.07, 6.45) is -0.0516. The highest BCUT2D eigenvalue weighted by atomic mass is 16.6. The number of nitrogens with one attached hydrogen (secondary N) is 2. The predicted octanol–water partition coefficient (Wildman–Crippen LogP) is -0.949. The van der Waals surface area contributed by atoms with Crippen LogP contribution in [0.3, 0.4) is 0 Å². The van der Waals surface area contributed by atoms with Crippen molar-refractivity contribution in [3.8, 4) is 0 Å². The summed E-state index contributed by atoms with van der Waals surface area (Å²) in [7, 11) is 0. The van der Waals surface area contributed by atoms with Gasteiger partial charge in [-0.1, -0.05) is 13.8 Å². The Morgan fingerprint density at radius 2 is 2.10 bits per heavy atom. The maximum Gasteiger partial charge on any atom is 0.350 e. The highest BCUT2D eigenvalue weighted by molar-refractivity contribution is 5.20. The average molecular weight is 286 g/mol. The molecule has 0 bridgehead atoms. The van der Waals surface area contributed by atoms with Crippen LogP contribution >= 0.6 is 0 Å². The zero-order valence-corrected chi connectivity index (χ0v) is 11.3. The summed E-state index contributed by atoms with van der Waals surface area (Å²) in [6, 6.07) is 0. The van der Waals surface area contributed by atoms with Gasteiger partial charge in [0.25, 0.3) is 0 Å². The van der Waals surface area contributed by atoms with E-state index in [0.717, 1.165) is 10.8 Å². The molecular weight excluding hydrogens is 268 g/mol. The first kappa shape index (κ1) is 16.1. The van der Waals surface area contributed by atoms with E-state index in [1.54, 1.807) is 0 Å². The summed E-state index contributed by atoms with van der Waals surface area (Å²) in [4.78, 5) is 34.3. The maximum absolute atomic E-state index is 11.5. The van der Waals surface area contributed by atoms with Gasteiger partial charge in [-0.2, -0.15) is 0 Å². The molecule has 0 aliphatic carbocycles. The second-order valence-corrected chi connectivity index (χ2v) is 4.89. The van der Waals surface area contributed by atoms with Crippen molar-refractivity contribution in [2.75, 3.05) is 13.1 Å². The lowest BCUT2D eigenvalue weighted by molar-refractivity contribution is -0.386. The van der Waals surface area contributed by atoms with Crippen LogP contribution in [0.5, 0.6) is 0 Å². The minimum Gasteiger partial charge on any atom is -0.390 e. The lowest BCUT2D eigenvalue weighted by Crippen LogP contribution is -2.37. The molecule has 1 unspecified atom stereocenters. The molecule has 1 aromatic heterocycles. The van der Waals surface area contributed by atoms with E-state index in [1.807, 2.05) is 18.8 Å². The zero-order valence-electron chi connectivity index (χ0n) is 11.3. The van der Waals surface area contributed by atoms with Crippen molar-refractivity contribution >= 4 is 5.69 Å². The maximum atomic E-state index is 11.5. The Bertz CT molecular complexity index is 577. The second kappa shape index (κ2) is 6.96. The molecule has 0 amide bonds. The molecule has 0 aromatic carbocycles. The Morgan fingerprint density at radius 1 is 1.45 bits per heavy atom. The molecule has 0 spiro atoms. The number of aromatic nitrogens is 2. The molecule has 1 rings (SSSR count). The van der Waals surface area contributed by atoms with E-state index in [-0.39, 0.29) is 13.1 Å². The van der Waals surface area contributed by atoms with E-state index in [9.17, 15) is 24.8 Å². The van der Waals surface area contributed by atoms with Crippen molar-refractivity contribution in [2.24, 2.45) is 5.92 Å². The summed E-state index contributed by atoms with van der Waals surface area (Å²) >= 11 is 0. The molecule has 9 nitrogen and oxygen atoms in total. The first-order valence-electron chi connectivity index (χ1n) is 6.18. The van der Waals surface area contributed by atoms with Crippen molar-refractivity contribution in [2.45, 2.75) is 26.5 Å². The topological polar surface area (TPSA) is 130 Å². The number of aliphatic hydroxyl groups is 1. The van der Waals surface area contributed by atoms with Crippen LogP contribution in [-0.2, 0) is 6.54 Å². The number of aromatic amines is 1. The SMILES string of the molecule is CC(C)CNCC(O)Cn1cc([N+](=O)[O-])c(=O)[nH]c1=O. The molecule has 112 valence electrons. The monoisotopic (exact) mass is 286 g/mol. The van der Waals surface area contributed by atoms with Gasteiger partial charge in [0, 0.05) is 6.54 Å². The zero-order chi connectivity index (χ0) is 15.3. The quantitative estimate of drug-likeness (QED) is 0.437. The molecule has 1 heterocycles. The number of hydrogen-bond donors (Lipinski definition) is 3. The van der Waals surface area contributed by atoms with Gasteiger partial charge in [-0.05, 0) is 12.5 Å². The Labute approximate surface area is 114 Å². The predicted molar refractivity (Wildman–Crippen MR) is 71.7 cm³/mol. The fourth-order valence-corrected chi connectivity index (χ4v) is 1.59. The van der Waals surface area contributed by atoms with Crippen molar-refractivity contribution in [3.63, 3.8) is 0 Å². The number of nitro groups is 1. The molecule has 0 fully saturated rings. The van der Waals surface area contributed by atoms with Crippen molar-refractivity contribution in [3.05, 3.63) is 37.1 Å². The van der Waals surface area contributed by atoms with Gasteiger partial charge in [0.15, 0.2) is 0 Å². The van der Waals surface area contributed by atoms with Crippen molar-refractivity contribution < 1.29 is 10.0 Å². The standard InChI is InChI=1S/C11H18N4O5/c1-7(2)3-12-4-8(16)5-14-6-9(15(19)20)10(17)13-11(14)18/h6-8,12,16H,3-5H2,1-2H3,(H,13,17,18). The summed E-state index contributed by atoms with van der Waals surface area (Å²) in [6.45, 7) is 4.83. The third kappa shape index (κ3) is 4.59. The van der Waals surface area contributed by atoms with Crippen LogP contribution in [0, 0.1) is 16.0 Å². The normalized spacial score (nSPS) is 12.6. The highest BCUT2D eigenvalue weighted by Gasteiger charge is 2.16. The fourth-order valence-electron chi connectivity index (χ4n) is 1.59. The molecule has 0 aliphatic heterocycles. The number of aliphatic hydroxyl groups excluding tert-OH is 1. The number of hydrogen-bond acceptors (Lipinski definition) is 6. The molecule has 0 aliphatic rings. The summed E-state index contributed by atoms with van der Waals surface area (Å²) in [5, 5.41) is 23.4. The van der Waals surface area contributed by atoms with E-state index in [1.165, 1.54) is 0 Å². The minimum absolute atomic E-state index is 0.137. The Morgan fingerprint density at radius 3 is 2.65 bits per heavy atom. The number of nitrogens with zero attached hydrogens (tertiary/aromatic N) is 2. The van der Waals surface area contributed by atoms with Gasteiger partial charge in [-0.15, -0.1) is 0 Å². The van der Waals surface area contributed by atoms with E-state index < -0.39 is 28.0 Å². The van der Waals surface area contributed by atoms with Gasteiger partial charge >= 0.3 is 16.9 Å². The van der Waals surface area contributed by atoms with Crippen molar-refractivity contribution in [1.82, 2.24) is 14.9 Å². The lowest BCUT2D eigenvalue weighted by Gasteiger charge is -2.14. The lowest BCUT2D eigenvalue weighted by atomic mass is 10.2. The van der Waals surface area contributed by atoms with Gasteiger partial charge < -0.3 is 10.4 Å². The van der Waals surface area contributed by atoms with Crippen LogP contribution in [-0.4, -0.2) is 38.8 Å². The van der Waals surface area contributed by atoms with E-state index in [2.05, 4.69) is 5.32 Å². The molecule has 1 atom stereocenters. The Hall–Kier alpha value is -2.00. The first-order valence-corrected chi connectivity index (χ1v) is 6.18. The van der Waals surface area contributed by atoms with Gasteiger partial charge in [-0.3, -0.25) is 24.5 Å². The minimum atomic E-state index is -1.05. The summed E-state index contributed by atoms with van der Waals surface area (Å²) in [5.74, 6) is 0.416. The highest BCUT2D eigenvalue weighted by Crippen LogP contribution is 1.99. The van der Waals surface area contributed by atoms with Crippen LogP contribution in [0.15, 0.2) is 15.8 Å². The van der Waals surface area contributed by atoms with E-state index >= 15 is 0 Å². The van der Waals surface area contributed by atoms with Crippen LogP contribution < -0.4 is 16.6 Å². The summed E-state index contributed by atoms with van der Waals surface area (Å²) in [5.41, 5.74) is -2.57. The van der Waals surface area contributed by atoms with Crippen LogP contribution in [0.25, 0.3) is 0 Å². The van der Waals surface area contributed by atoms with Gasteiger partial charge in [-0.25, -0.2) is 4.79 Å². The molecule has 0 saturated heterocycles. The van der Waals surface area contributed by atoms with Crippen molar-refractivity contribution in [1.29, 1.82) is 0 Å².